The first-order valence-corrected chi connectivity index (χ1v) is 7.09. The molecule has 0 aromatic carbocycles. The average Bonchev–Trinajstić information content (AvgIpc) is 2.69. The van der Waals surface area contributed by atoms with Crippen LogP contribution in [0.5, 0.6) is 0 Å². The third kappa shape index (κ3) is 4.91. The van der Waals surface area contributed by atoms with Crippen LogP contribution < -0.4 is 4.72 Å². The van der Waals surface area contributed by atoms with Crippen LogP contribution in [-0.4, -0.2) is 41.6 Å². The Balaban J connectivity index is 2.31. The number of aromatic nitrogens is 3. The minimum Gasteiger partial charge on any atom is -0.251 e. The van der Waals surface area contributed by atoms with Crippen molar-refractivity contribution in [2.24, 2.45) is 5.92 Å². The van der Waals surface area contributed by atoms with Crippen LogP contribution in [0.25, 0.3) is 0 Å². The van der Waals surface area contributed by atoms with Crippen molar-refractivity contribution in [2.45, 2.75) is 13.5 Å². The molecule has 1 N–H and O–H groups in total. The fourth-order valence-electron chi connectivity index (χ4n) is 1.15. The molecule has 0 amide bonds. The molecular formula is C8H15ClN4O2S. The summed E-state index contributed by atoms with van der Waals surface area (Å²) in [6, 6.07) is 0. The topological polar surface area (TPSA) is 76.9 Å². The van der Waals surface area contributed by atoms with Gasteiger partial charge >= 0.3 is 0 Å². The second-order valence-electron chi connectivity index (χ2n) is 3.60. The van der Waals surface area contributed by atoms with Gasteiger partial charge in [0.2, 0.25) is 10.0 Å². The molecule has 0 aliphatic heterocycles. The van der Waals surface area contributed by atoms with Gasteiger partial charge in [0.1, 0.15) is 0 Å². The van der Waals surface area contributed by atoms with E-state index in [0.29, 0.717) is 19.0 Å². The largest absolute Gasteiger partial charge is 0.251 e. The molecule has 0 aliphatic carbocycles. The highest BCUT2D eigenvalue weighted by Gasteiger charge is 2.14. The number of hydrogen-bond donors (Lipinski definition) is 1. The monoisotopic (exact) mass is 266 g/mol. The van der Waals surface area contributed by atoms with Crippen molar-refractivity contribution >= 4 is 21.6 Å². The summed E-state index contributed by atoms with van der Waals surface area (Å²) in [6.45, 7) is 2.57. The lowest BCUT2D eigenvalue weighted by Gasteiger charge is -2.09. The van der Waals surface area contributed by atoms with Gasteiger partial charge in [0.15, 0.2) is 0 Å². The molecule has 0 aliphatic rings. The normalized spacial score (nSPS) is 13.9. The van der Waals surface area contributed by atoms with Crippen molar-refractivity contribution in [3.63, 3.8) is 0 Å². The van der Waals surface area contributed by atoms with Crippen LogP contribution >= 0.6 is 11.6 Å². The molecule has 0 saturated carbocycles. The Labute approximate surface area is 100 Å². The summed E-state index contributed by atoms with van der Waals surface area (Å²) in [6.07, 6.45) is 3.22. The van der Waals surface area contributed by atoms with Crippen molar-refractivity contribution in [1.82, 2.24) is 19.7 Å². The summed E-state index contributed by atoms with van der Waals surface area (Å²) in [5.74, 6) is 0.336. The van der Waals surface area contributed by atoms with Crippen LogP contribution in [0.1, 0.15) is 6.92 Å². The van der Waals surface area contributed by atoms with E-state index in [1.807, 2.05) is 0 Å². The number of sulfonamides is 1. The SMILES string of the molecule is CC(CCl)CS(=O)(=O)NCCn1ccnn1. The standard InChI is InChI=1S/C8H15ClN4O2S/c1-8(6-9)7-16(14,15)11-3-5-13-4-2-10-12-13/h2,4,8,11H,3,5-7H2,1H3. The van der Waals surface area contributed by atoms with Crippen molar-refractivity contribution < 1.29 is 8.42 Å². The van der Waals surface area contributed by atoms with Gasteiger partial charge in [-0.15, -0.1) is 16.7 Å². The van der Waals surface area contributed by atoms with E-state index in [0.717, 1.165) is 0 Å². The van der Waals surface area contributed by atoms with Gasteiger partial charge in [-0.3, -0.25) is 4.68 Å². The number of halogens is 1. The van der Waals surface area contributed by atoms with Crippen molar-refractivity contribution in [1.29, 1.82) is 0 Å². The van der Waals surface area contributed by atoms with Crippen molar-refractivity contribution in [3.8, 4) is 0 Å². The first-order valence-electron chi connectivity index (χ1n) is 4.91. The molecule has 1 aromatic rings. The molecule has 1 unspecified atom stereocenters. The number of alkyl halides is 1. The van der Waals surface area contributed by atoms with E-state index < -0.39 is 10.0 Å². The van der Waals surface area contributed by atoms with E-state index in [2.05, 4.69) is 15.0 Å². The Morgan fingerprint density at radius 3 is 2.88 bits per heavy atom. The fraction of sp³-hybridized carbons (Fsp3) is 0.750. The minimum absolute atomic E-state index is 0.0495. The van der Waals surface area contributed by atoms with Gasteiger partial charge in [-0.2, -0.15) is 0 Å². The smallest absolute Gasteiger partial charge is 0.211 e. The van der Waals surface area contributed by atoms with E-state index in [9.17, 15) is 8.42 Å². The lowest BCUT2D eigenvalue weighted by molar-refractivity contribution is 0.545. The van der Waals surface area contributed by atoms with Crippen LogP contribution in [-0.2, 0) is 16.6 Å². The molecule has 0 radical (unpaired) electrons. The quantitative estimate of drug-likeness (QED) is 0.709. The number of hydrogen-bond acceptors (Lipinski definition) is 4. The van der Waals surface area contributed by atoms with Gasteiger partial charge in [0.25, 0.3) is 0 Å². The maximum atomic E-state index is 11.5. The number of nitrogens with one attached hydrogen (secondary N) is 1. The first kappa shape index (κ1) is 13.4. The second-order valence-corrected chi connectivity index (χ2v) is 5.76. The van der Waals surface area contributed by atoms with Gasteiger partial charge in [-0.25, -0.2) is 13.1 Å². The maximum Gasteiger partial charge on any atom is 0.211 e. The second kappa shape index (κ2) is 6.17. The van der Waals surface area contributed by atoms with Crippen LogP contribution in [0.2, 0.25) is 0 Å². The average molecular weight is 267 g/mol. The Bertz CT molecular complexity index is 392. The molecular weight excluding hydrogens is 252 g/mol. The van der Waals surface area contributed by atoms with E-state index in [1.54, 1.807) is 24.0 Å². The van der Waals surface area contributed by atoms with Crippen LogP contribution in [0.15, 0.2) is 12.4 Å². The Morgan fingerprint density at radius 1 is 1.56 bits per heavy atom. The molecule has 1 heterocycles. The maximum absolute atomic E-state index is 11.5. The zero-order valence-corrected chi connectivity index (χ0v) is 10.6. The number of nitrogens with zero attached hydrogens (tertiary/aromatic N) is 3. The predicted molar refractivity (Wildman–Crippen MR) is 61.7 cm³/mol. The van der Waals surface area contributed by atoms with Gasteiger partial charge in [0.05, 0.1) is 18.5 Å². The summed E-state index contributed by atoms with van der Waals surface area (Å²) in [7, 11) is -3.24. The summed E-state index contributed by atoms with van der Waals surface area (Å²) >= 11 is 5.56. The summed E-state index contributed by atoms with van der Waals surface area (Å²) in [4.78, 5) is 0. The summed E-state index contributed by atoms with van der Waals surface area (Å²) < 4.78 is 27.1. The van der Waals surface area contributed by atoms with Crippen LogP contribution in [0.4, 0.5) is 0 Å². The van der Waals surface area contributed by atoms with Gasteiger partial charge in [0, 0.05) is 18.6 Å². The highest BCUT2D eigenvalue weighted by Crippen LogP contribution is 2.01. The Morgan fingerprint density at radius 2 is 2.31 bits per heavy atom. The zero-order chi connectivity index (χ0) is 12.0. The molecule has 92 valence electrons. The molecule has 0 spiro atoms. The summed E-state index contributed by atoms with van der Waals surface area (Å²) in [5.41, 5.74) is 0. The van der Waals surface area contributed by atoms with E-state index >= 15 is 0 Å². The molecule has 8 heteroatoms. The van der Waals surface area contributed by atoms with E-state index in [1.165, 1.54) is 0 Å². The molecule has 0 bridgehead atoms. The lowest BCUT2D eigenvalue weighted by Crippen LogP contribution is -2.32. The molecule has 1 rings (SSSR count). The third-order valence-corrected chi connectivity index (χ3v) is 4.08. The third-order valence-electron chi connectivity index (χ3n) is 1.90. The molecule has 0 saturated heterocycles. The molecule has 16 heavy (non-hydrogen) atoms. The number of rotatable bonds is 7. The lowest BCUT2D eigenvalue weighted by atomic mass is 10.3. The van der Waals surface area contributed by atoms with Gasteiger partial charge < -0.3 is 0 Å². The van der Waals surface area contributed by atoms with Crippen LogP contribution in [0, 0.1) is 5.92 Å². The molecule has 6 nitrogen and oxygen atoms in total. The first-order chi connectivity index (χ1) is 7.53. The zero-order valence-electron chi connectivity index (χ0n) is 9.00. The molecule has 1 aromatic heterocycles. The minimum atomic E-state index is -3.24. The fourth-order valence-corrected chi connectivity index (χ4v) is 2.77. The van der Waals surface area contributed by atoms with E-state index in [-0.39, 0.29) is 11.7 Å². The van der Waals surface area contributed by atoms with Crippen molar-refractivity contribution in [3.05, 3.63) is 12.4 Å². The summed E-state index contributed by atoms with van der Waals surface area (Å²) in [5, 5.41) is 7.34. The van der Waals surface area contributed by atoms with Crippen molar-refractivity contribution in [2.75, 3.05) is 18.2 Å². The Kier molecular flexibility index (Phi) is 5.17. The van der Waals surface area contributed by atoms with Gasteiger partial charge in [-0.05, 0) is 5.92 Å². The van der Waals surface area contributed by atoms with E-state index in [4.69, 9.17) is 11.6 Å². The predicted octanol–water partition coefficient (Wildman–Crippen LogP) is 0.0724. The Hall–Kier alpha value is -0.660. The molecule has 1 atom stereocenters. The van der Waals surface area contributed by atoms with Crippen LogP contribution in [0.3, 0.4) is 0 Å². The highest BCUT2D eigenvalue weighted by atomic mass is 35.5. The highest BCUT2D eigenvalue weighted by molar-refractivity contribution is 7.89. The molecule has 0 fully saturated rings. The van der Waals surface area contributed by atoms with Gasteiger partial charge in [-0.1, -0.05) is 12.1 Å².